The average Bonchev–Trinajstić information content (AvgIpc) is 2.62. The minimum absolute atomic E-state index is 0.00175. The van der Waals surface area contributed by atoms with Crippen molar-refractivity contribution < 1.29 is 0 Å². The molecule has 0 saturated carbocycles. The number of aromatic nitrogens is 2. The van der Waals surface area contributed by atoms with Gasteiger partial charge in [-0.3, -0.25) is 4.57 Å². The van der Waals surface area contributed by atoms with Gasteiger partial charge in [-0.2, -0.15) is 0 Å². The Morgan fingerprint density at radius 2 is 2.12 bits per heavy atom. The Balaban J connectivity index is 2.40. The number of nitrogens with one attached hydrogen (secondary N) is 2. The summed E-state index contributed by atoms with van der Waals surface area (Å²) in [6, 6.07) is 0.304. The normalized spacial score (nSPS) is 17.7. The van der Waals surface area contributed by atoms with Crippen LogP contribution in [0.5, 0.6) is 0 Å². The van der Waals surface area contributed by atoms with Gasteiger partial charge in [-0.1, -0.05) is 18.7 Å². The van der Waals surface area contributed by atoms with Gasteiger partial charge in [-0.15, -0.1) is 0 Å². The minimum Gasteiger partial charge on any atom is -0.317 e. The Morgan fingerprint density at radius 1 is 1.41 bits per heavy atom. The van der Waals surface area contributed by atoms with E-state index in [9.17, 15) is 4.79 Å². The lowest BCUT2D eigenvalue weighted by atomic mass is 10.1. The van der Waals surface area contributed by atoms with Gasteiger partial charge in [0.05, 0.1) is 5.69 Å². The van der Waals surface area contributed by atoms with E-state index in [-0.39, 0.29) is 5.69 Å². The topological polar surface area (TPSA) is 49.8 Å². The maximum Gasteiger partial charge on any atom is 0.326 e. The molecule has 2 rings (SSSR count). The fourth-order valence-corrected chi connectivity index (χ4v) is 2.37. The molecule has 2 heterocycles. The molecule has 1 fully saturated rings. The fraction of sp³-hybridized carbons (Fsp3) is 0.462. The highest BCUT2D eigenvalue weighted by molar-refractivity contribution is 5.49. The van der Waals surface area contributed by atoms with Gasteiger partial charge in [0, 0.05) is 11.7 Å². The molecule has 0 aliphatic carbocycles. The summed E-state index contributed by atoms with van der Waals surface area (Å²) in [5, 5.41) is 3.31. The molecular formula is C13H19N3O. The van der Waals surface area contributed by atoms with Gasteiger partial charge in [0.15, 0.2) is 0 Å². The molecular weight excluding hydrogens is 214 g/mol. The van der Waals surface area contributed by atoms with Crippen LogP contribution in [0, 0.1) is 6.92 Å². The van der Waals surface area contributed by atoms with Gasteiger partial charge >= 0.3 is 5.69 Å². The van der Waals surface area contributed by atoms with Gasteiger partial charge in [0.2, 0.25) is 0 Å². The van der Waals surface area contributed by atoms with Gasteiger partial charge < -0.3 is 10.3 Å². The molecule has 0 aromatic carbocycles. The second kappa shape index (κ2) is 5.19. The van der Waals surface area contributed by atoms with Crippen molar-refractivity contribution >= 4 is 6.08 Å². The van der Waals surface area contributed by atoms with Gasteiger partial charge in [0.25, 0.3) is 0 Å². The third-order valence-corrected chi connectivity index (χ3v) is 3.22. The van der Waals surface area contributed by atoms with E-state index in [1.54, 1.807) is 6.08 Å². The summed E-state index contributed by atoms with van der Waals surface area (Å²) in [4.78, 5) is 14.8. The Morgan fingerprint density at radius 3 is 2.76 bits per heavy atom. The van der Waals surface area contributed by atoms with Gasteiger partial charge in [0.1, 0.15) is 0 Å². The van der Waals surface area contributed by atoms with E-state index in [0.717, 1.165) is 37.3 Å². The molecule has 0 radical (unpaired) electrons. The number of piperidine rings is 1. The quantitative estimate of drug-likeness (QED) is 0.779. The smallest absolute Gasteiger partial charge is 0.317 e. The first-order chi connectivity index (χ1) is 8.24. The largest absolute Gasteiger partial charge is 0.326 e. The van der Waals surface area contributed by atoms with E-state index in [1.807, 2.05) is 23.6 Å². The average molecular weight is 233 g/mol. The van der Waals surface area contributed by atoms with Gasteiger partial charge in [-0.05, 0) is 38.9 Å². The molecule has 17 heavy (non-hydrogen) atoms. The first-order valence-electron chi connectivity index (χ1n) is 6.05. The lowest BCUT2D eigenvalue weighted by molar-refractivity contribution is 0.360. The Labute approximate surface area is 101 Å². The van der Waals surface area contributed by atoms with E-state index in [2.05, 4.69) is 16.9 Å². The number of nitrogens with zero attached hydrogens (tertiary/aromatic N) is 1. The van der Waals surface area contributed by atoms with Crippen molar-refractivity contribution in [3.05, 3.63) is 40.6 Å². The summed E-state index contributed by atoms with van der Waals surface area (Å²) in [6.07, 6.45) is 7.55. The monoisotopic (exact) mass is 233 g/mol. The maximum absolute atomic E-state index is 12.0. The van der Waals surface area contributed by atoms with Crippen LogP contribution in [0.4, 0.5) is 0 Å². The zero-order chi connectivity index (χ0) is 12.3. The molecule has 1 aliphatic rings. The lowest BCUT2D eigenvalue weighted by Crippen LogP contribution is -2.33. The van der Waals surface area contributed by atoms with Crippen molar-refractivity contribution in [2.24, 2.45) is 0 Å². The maximum atomic E-state index is 12.0. The van der Waals surface area contributed by atoms with Crippen molar-refractivity contribution in [3.63, 3.8) is 0 Å². The third-order valence-electron chi connectivity index (χ3n) is 3.22. The molecule has 0 amide bonds. The number of H-pyrrole nitrogens is 1. The van der Waals surface area contributed by atoms with Crippen molar-refractivity contribution in [3.8, 4) is 0 Å². The van der Waals surface area contributed by atoms with Crippen LogP contribution in [-0.2, 0) is 0 Å². The van der Waals surface area contributed by atoms with Crippen LogP contribution in [0.1, 0.15) is 30.3 Å². The molecule has 0 unspecified atom stereocenters. The molecule has 0 atom stereocenters. The van der Waals surface area contributed by atoms with E-state index in [4.69, 9.17) is 0 Å². The van der Waals surface area contributed by atoms with Crippen molar-refractivity contribution in [1.82, 2.24) is 14.9 Å². The lowest BCUT2D eigenvalue weighted by Gasteiger charge is -2.24. The molecule has 1 aromatic heterocycles. The number of aryl methyl sites for hydroxylation is 1. The molecule has 1 aromatic rings. The highest BCUT2D eigenvalue weighted by Gasteiger charge is 2.20. The summed E-state index contributed by atoms with van der Waals surface area (Å²) in [6.45, 7) is 7.55. The number of rotatable bonds is 3. The van der Waals surface area contributed by atoms with Crippen LogP contribution < -0.4 is 11.0 Å². The van der Waals surface area contributed by atoms with Crippen LogP contribution in [0.2, 0.25) is 0 Å². The molecule has 0 spiro atoms. The van der Waals surface area contributed by atoms with Crippen LogP contribution >= 0.6 is 0 Å². The van der Waals surface area contributed by atoms with Gasteiger partial charge in [-0.25, -0.2) is 4.79 Å². The molecule has 92 valence electrons. The zero-order valence-electron chi connectivity index (χ0n) is 10.2. The van der Waals surface area contributed by atoms with Crippen LogP contribution in [0.3, 0.4) is 0 Å². The van der Waals surface area contributed by atoms with E-state index in [0.29, 0.717) is 6.04 Å². The number of aromatic amines is 1. The standard InChI is InChI=1S/C13H19N3O/c1-3-4-5-12-10(2)15-13(17)16(12)11-6-8-14-9-7-11/h3-5,11,14H,1,6-9H2,2H3,(H,15,17)/b5-4-. The second-order valence-corrected chi connectivity index (χ2v) is 4.39. The number of hydrogen-bond donors (Lipinski definition) is 2. The highest BCUT2D eigenvalue weighted by Crippen LogP contribution is 2.20. The highest BCUT2D eigenvalue weighted by atomic mass is 16.1. The number of hydrogen-bond acceptors (Lipinski definition) is 2. The zero-order valence-corrected chi connectivity index (χ0v) is 10.2. The van der Waals surface area contributed by atoms with E-state index >= 15 is 0 Å². The Hall–Kier alpha value is -1.55. The van der Waals surface area contributed by atoms with Crippen molar-refractivity contribution in [1.29, 1.82) is 0 Å². The predicted molar refractivity (Wildman–Crippen MR) is 70.2 cm³/mol. The fourth-order valence-electron chi connectivity index (χ4n) is 2.37. The third kappa shape index (κ3) is 2.42. The first-order valence-corrected chi connectivity index (χ1v) is 6.05. The summed E-state index contributed by atoms with van der Waals surface area (Å²) < 4.78 is 1.89. The van der Waals surface area contributed by atoms with E-state index < -0.39 is 0 Å². The van der Waals surface area contributed by atoms with Crippen LogP contribution in [-0.4, -0.2) is 22.6 Å². The van der Waals surface area contributed by atoms with E-state index in [1.165, 1.54) is 0 Å². The molecule has 2 N–H and O–H groups in total. The van der Waals surface area contributed by atoms with Crippen molar-refractivity contribution in [2.45, 2.75) is 25.8 Å². The second-order valence-electron chi connectivity index (χ2n) is 4.39. The van der Waals surface area contributed by atoms with Crippen molar-refractivity contribution in [2.75, 3.05) is 13.1 Å². The van der Waals surface area contributed by atoms with Crippen LogP contribution in [0.15, 0.2) is 23.5 Å². The SMILES string of the molecule is C=C/C=C\c1c(C)[nH]c(=O)n1C1CCNCC1. The first kappa shape index (κ1) is 11.9. The Kier molecular flexibility index (Phi) is 3.64. The number of imidazole rings is 1. The minimum atomic E-state index is -0.00175. The summed E-state index contributed by atoms with van der Waals surface area (Å²) in [5.74, 6) is 0. The number of allylic oxidation sites excluding steroid dienone is 2. The predicted octanol–water partition coefficient (Wildman–Crippen LogP) is 1.61. The molecule has 0 bridgehead atoms. The molecule has 4 heteroatoms. The molecule has 1 saturated heterocycles. The molecule has 1 aliphatic heterocycles. The summed E-state index contributed by atoms with van der Waals surface area (Å²) in [7, 11) is 0. The molecule has 4 nitrogen and oxygen atoms in total. The Bertz CT molecular complexity index is 475. The summed E-state index contributed by atoms with van der Waals surface area (Å²) >= 11 is 0. The van der Waals surface area contributed by atoms with Crippen LogP contribution in [0.25, 0.3) is 6.08 Å². The summed E-state index contributed by atoms with van der Waals surface area (Å²) in [5.41, 5.74) is 1.89.